The van der Waals surface area contributed by atoms with Crippen LogP contribution in [-0.4, -0.2) is 15.0 Å². The standard InChI is InChI=1S/C39H24BrN3O/c40-31-14-7-13-30(24-31)29-12-6-11-28(23-29)25-19-21-27(22-20-25)38-41-37(26-9-2-1-3-10-26)42-39(43-38)34-17-8-16-33-32-15-4-5-18-35(32)44-36(33)34/h1-24H. The summed E-state index contributed by atoms with van der Waals surface area (Å²) in [6.45, 7) is 0. The summed E-state index contributed by atoms with van der Waals surface area (Å²) < 4.78 is 7.40. The minimum Gasteiger partial charge on any atom is -0.455 e. The number of benzene rings is 6. The highest BCUT2D eigenvalue weighted by molar-refractivity contribution is 9.10. The molecule has 0 amide bonds. The van der Waals surface area contributed by atoms with E-state index in [1.165, 1.54) is 11.1 Å². The van der Waals surface area contributed by atoms with Crippen LogP contribution in [-0.2, 0) is 0 Å². The lowest BCUT2D eigenvalue weighted by Crippen LogP contribution is -2.00. The van der Waals surface area contributed by atoms with Crippen LogP contribution in [0.15, 0.2) is 154 Å². The van der Waals surface area contributed by atoms with Crippen molar-refractivity contribution in [1.82, 2.24) is 15.0 Å². The second-order valence-electron chi connectivity index (χ2n) is 10.6. The van der Waals surface area contributed by atoms with E-state index in [0.717, 1.165) is 54.2 Å². The fourth-order valence-electron chi connectivity index (χ4n) is 5.62. The molecule has 2 heterocycles. The first-order chi connectivity index (χ1) is 21.7. The Balaban J connectivity index is 1.23. The third-order valence-electron chi connectivity index (χ3n) is 7.81. The van der Waals surface area contributed by atoms with Gasteiger partial charge < -0.3 is 4.42 Å². The molecule has 6 aromatic carbocycles. The quantitative estimate of drug-likeness (QED) is 0.190. The Kier molecular flexibility index (Phi) is 6.58. The minimum absolute atomic E-state index is 0.573. The van der Waals surface area contributed by atoms with Crippen molar-refractivity contribution < 1.29 is 4.42 Å². The number of hydrogen-bond acceptors (Lipinski definition) is 4. The van der Waals surface area contributed by atoms with Gasteiger partial charge in [-0.3, -0.25) is 0 Å². The molecule has 0 saturated carbocycles. The molecule has 0 bridgehead atoms. The van der Waals surface area contributed by atoms with E-state index in [1.807, 2.05) is 66.7 Å². The molecule has 4 nitrogen and oxygen atoms in total. The van der Waals surface area contributed by atoms with Crippen LogP contribution in [0.25, 0.3) is 78.4 Å². The summed E-state index contributed by atoms with van der Waals surface area (Å²) in [5, 5.41) is 2.11. The molecule has 0 spiro atoms. The lowest BCUT2D eigenvalue weighted by Gasteiger charge is -2.10. The van der Waals surface area contributed by atoms with Gasteiger partial charge >= 0.3 is 0 Å². The largest absolute Gasteiger partial charge is 0.455 e. The molecule has 8 rings (SSSR count). The molecule has 0 atom stereocenters. The van der Waals surface area contributed by atoms with Gasteiger partial charge in [0.1, 0.15) is 11.2 Å². The fourth-order valence-corrected chi connectivity index (χ4v) is 6.02. The van der Waals surface area contributed by atoms with Gasteiger partial charge in [-0.25, -0.2) is 15.0 Å². The van der Waals surface area contributed by atoms with E-state index in [9.17, 15) is 0 Å². The first-order valence-corrected chi connectivity index (χ1v) is 15.2. The van der Waals surface area contributed by atoms with Gasteiger partial charge in [0.05, 0.1) is 5.56 Å². The van der Waals surface area contributed by atoms with E-state index in [-0.39, 0.29) is 0 Å². The average Bonchev–Trinajstić information content (AvgIpc) is 3.48. The van der Waals surface area contributed by atoms with Crippen molar-refractivity contribution in [3.05, 3.63) is 150 Å². The zero-order valence-electron chi connectivity index (χ0n) is 23.5. The van der Waals surface area contributed by atoms with E-state index >= 15 is 0 Å². The van der Waals surface area contributed by atoms with Gasteiger partial charge in [-0.2, -0.15) is 0 Å². The van der Waals surface area contributed by atoms with Crippen molar-refractivity contribution in [1.29, 1.82) is 0 Å². The van der Waals surface area contributed by atoms with Crippen molar-refractivity contribution in [2.45, 2.75) is 0 Å². The summed E-state index contributed by atoms with van der Waals surface area (Å²) in [6.07, 6.45) is 0. The van der Waals surface area contributed by atoms with Gasteiger partial charge in [-0.05, 0) is 52.6 Å². The molecule has 208 valence electrons. The normalized spacial score (nSPS) is 11.3. The summed E-state index contributed by atoms with van der Waals surface area (Å²) in [4.78, 5) is 14.9. The molecule has 0 saturated heterocycles. The summed E-state index contributed by atoms with van der Waals surface area (Å²) in [5.74, 6) is 1.80. The predicted octanol–water partition coefficient (Wildman–Crippen LogP) is 10.9. The van der Waals surface area contributed by atoms with E-state index in [4.69, 9.17) is 19.4 Å². The monoisotopic (exact) mass is 629 g/mol. The van der Waals surface area contributed by atoms with E-state index in [1.54, 1.807) is 0 Å². The van der Waals surface area contributed by atoms with E-state index in [2.05, 4.69) is 94.8 Å². The summed E-state index contributed by atoms with van der Waals surface area (Å²) in [7, 11) is 0. The third kappa shape index (κ3) is 4.87. The van der Waals surface area contributed by atoms with Crippen molar-refractivity contribution in [3.63, 3.8) is 0 Å². The third-order valence-corrected chi connectivity index (χ3v) is 8.30. The lowest BCUT2D eigenvalue weighted by atomic mass is 9.98. The second kappa shape index (κ2) is 11.0. The van der Waals surface area contributed by atoms with Crippen molar-refractivity contribution >= 4 is 37.9 Å². The highest BCUT2D eigenvalue weighted by Gasteiger charge is 2.17. The van der Waals surface area contributed by atoms with Gasteiger partial charge in [-0.15, -0.1) is 0 Å². The topological polar surface area (TPSA) is 51.8 Å². The Morgan fingerprint density at radius 1 is 0.409 bits per heavy atom. The molecule has 0 radical (unpaired) electrons. The van der Waals surface area contributed by atoms with Gasteiger partial charge in [0.2, 0.25) is 0 Å². The molecule has 0 unspecified atom stereocenters. The van der Waals surface area contributed by atoms with Crippen molar-refractivity contribution in [3.8, 4) is 56.4 Å². The van der Waals surface area contributed by atoms with Crippen molar-refractivity contribution in [2.24, 2.45) is 0 Å². The number of nitrogens with zero attached hydrogens (tertiary/aromatic N) is 3. The van der Waals surface area contributed by atoms with Crippen LogP contribution in [0, 0.1) is 0 Å². The summed E-state index contributed by atoms with van der Waals surface area (Å²) >= 11 is 3.59. The predicted molar refractivity (Wildman–Crippen MR) is 182 cm³/mol. The van der Waals surface area contributed by atoms with Crippen LogP contribution in [0.3, 0.4) is 0 Å². The molecule has 8 aromatic rings. The van der Waals surface area contributed by atoms with E-state index in [0.29, 0.717) is 17.5 Å². The van der Waals surface area contributed by atoms with Crippen LogP contribution in [0.2, 0.25) is 0 Å². The van der Waals surface area contributed by atoms with Crippen LogP contribution in [0.4, 0.5) is 0 Å². The molecule has 0 fully saturated rings. The second-order valence-corrected chi connectivity index (χ2v) is 11.5. The Hall–Kier alpha value is -5.39. The maximum absolute atomic E-state index is 6.34. The first kappa shape index (κ1) is 26.3. The van der Waals surface area contributed by atoms with Crippen LogP contribution in [0.1, 0.15) is 0 Å². The first-order valence-electron chi connectivity index (χ1n) is 14.4. The Morgan fingerprint density at radius 2 is 0.955 bits per heavy atom. The zero-order chi connectivity index (χ0) is 29.5. The van der Waals surface area contributed by atoms with Gasteiger partial charge in [0.15, 0.2) is 17.5 Å². The molecule has 0 aliphatic carbocycles. The van der Waals surface area contributed by atoms with Crippen LogP contribution >= 0.6 is 15.9 Å². The van der Waals surface area contributed by atoms with Crippen molar-refractivity contribution in [2.75, 3.05) is 0 Å². The number of para-hydroxylation sites is 2. The summed E-state index contributed by atoms with van der Waals surface area (Å²) in [5.41, 5.74) is 8.88. The minimum atomic E-state index is 0.573. The highest BCUT2D eigenvalue weighted by atomic mass is 79.9. The molecule has 44 heavy (non-hydrogen) atoms. The SMILES string of the molecule is Brc1cccc(-c2cccc(-c3ccc(-c4nc(-c5ccccc5)nc(-c5cccc6c5oc5ccccc56)n4)cc3)c2)c1. The molecule has 0 aliphatic rings. The maximum Gasteiger partial charge on any atom is 0.167 e. The number of rotatable bonds is 5. The smallest absolute Gasteiger partial charge is 0.167 e. The Labute approximate surface area is 262 Å². The number of furan rings is 1. The maximum atomic E-state index is 6.34. The Morgan fingerprint density at radius 3 is 1.73 bits per heavy atom. The van der Waals surface area contributed by atoms with Gasteiger partial charge in [0, 0.05) is 26.4 Å². The molecule has 0 N–H and O–H groups in total. The lowest BCUT2D eigenvalue weighted by molar-refractivity contribution is 0.669. The number of hydrogen-bond donors (Lipinski definition) is 0. The fraction of sp³-hybridized carbons (Fsp3) is 0. The average molecular weight is 631 g/mol. The summed E-state index contributed by atoms with van der Waals surface area (Å²) in [6, 6.07) is 49.6. The molecular formula is C39H24BrN3O. The van der Waals surface area contributed by atoms with Crippen LogP contribution < -0.4 is 0 Å². The zero-order valence-corrected chi connectivity index (χ0v) is 25.1. The number of fused-ring (bicyclic) bond motifs is 3. The van der Waals surface area contributed by atoms with Gasteiger partial charge in [0.25, 0.3) is 0 Å². The Bertz CT molecular complexity index is 2290. The number of halogens is 1. The molecule has 0 aliphatic heterocycles. The molecule has 2 aromatic heterocycles. The van der Waals surface area contributed by atoms with Crippen LogP contribution in [0.5, 0.6) is 0 Å². The van der Waals surface area contributed by atoms with Gasteiger partial charge in [-0.1, -0.05) is 131 Å². The molecular weight excluding hydrogens is 606 g/mol. The van der Waals surface area contributed by atoms with E-state index < -0.39 is 0 Å². The highest BCUT2D eigenvalue weighted by Crippen LogP contribution is 2.36. The number of aromatic nitrogens is 3. The molecule has 5 heteroatoms.